The number of aryl methyl sites for hydroxylation is 2. The highest BCUT2D eigenvalue weighted by Gasteiger charge is 2.24. The molecule has 6 heteroatoms. The maximum absolute atomic E-state index is 5.50. The summed E-state index contributed by atoms with van der Waals surface area (Å²) in [6.07, 6.45) is 1.88. The van der Waals surface area contributed by atoms with Gasteiger partial charge in [-0.15, -0.1) is 0 Å². The van der Waals surface area contributed by atoms with Gasteiger partial charge in [-0.3, -0.25) is 9.67 Å². The van der Waals surface area contributed by atoms with Crippen molar-refractivity contribution in [1.29, 1.82) is 0 Å². The molecule has 0 spiro atoms. The molecule has 0 radical (unpaired) electrons. The van der Waals surface area contributed by atoms with Gasteiger partial charge in [0.25, 0.3) is 0 Å². The largest absolute Gasteiger partial charge is 0.380 e. The minimum absolute atomic E-state index is 0.388. The molecular weight excluding hydrogens is 302 g/mol. The number of ether oxygens (including phenoxy) is 1. The number of rotatable bonds is 5. The molecule has 2 aromatic heterocycles. The van der Waals surface area contributed by atoms with Gasteiger partial charge in [-0.2, -0.15) is 5.10 Å². The molecule has 0 atom stereocenters. The predicted molar refractivity (Wildman–Crippen MR) is 96.6 cm³/mol. The summed E-state index contributed by atoms with van der Waals surface area (Å²) in [4.78, 5) is 6.74. The van der Waals surface area contributed by atoms with Gasteiger partial charge in [0.1, 0.15) is 5.82 Å². The average Bonchev–Trinajstić information content (AvgIpc) is 2.92. The summed E-state index contributed by atoms with van der Waals surface area (Å²) in [5, 5.41) is 8.29. The van der Waals surface area contributed by atoms with Crippen LogP contribution in [0, 0.1) is 6.92 Å². The Hall–Kier alpha value is -2.08. The lowest BCUT2D eigenvalue weighted by molar-refractivity contribution is 0.122. The van der Waals surface area contributed by atoms with Crippen molar-refractivity contribution in [1.82, 2.24) is 14.8 Å². The SMILES string of the molecule is Cc1ccc(NCc2c(C(C)C)nn(C)c2N2CCOCC2)cn1. The zero-order valence-corrected chi connectivity index (χ0v) is 15.0. The summed E-state index contributed by atoms with van der Waals surface area (Å²) < 4.78 is 7.52. The van der Waals surface area contributed by atoms with Crippen molar-refractivity contribution in [2.45, 2.75) is 33.2 Å². The summed E-state index contributed by atoms with van der Waals surface area (Å²) in [6, 6.07) is 4.10. The van der Waals surface area contributed by atoms with Gasteiger partial charge < -0.3 is 15.0 Å². The van der Waals surface area contributed by atoms with Crippen LogP contribution in [0.3, 0.4) is 0 Å². The van der Waals surface area contributed by atoms with Gasteiger partial charge in [0.2, 0.25) is 0 Å². The number of nitrogens with zero attached hydrogens (tertiary/aromatic N) is 4. The number of nitrogens with one attached hydrogen (secondary N) is 1. The Balaban J connectivity index is 1.87. The lowest BCUT2D eigenvalue weighted by Gasteiger charge is -2.29. The molecule has 1 fully saturated rings. The van der Waals surface area contributed by atoms with Crippen molar-refractivity contribution in [3.8, 4) is 0 Å². The Labute approximate surface area is 143 Å². The van der Waals surface area contributed by atoms with Gasteiger partial charge in [-0.1, -0.05) is 13.8 Å². The van der Waals surface area contributed by atoms with E-state index in [-0.39, 0.29) is 0 Å². The number of anilines is 2. The van der Waals surface area contributed by atoms with Crippen LogP contribution in [0.5, 0.6) is 0 Å². The highest BCUT2D eigenvalue weighted by atomic mass is 16.5. The van der Waals surface area contributed by atoms with E-state index in [1.54, 1.807) is 0 Å². The van der Waals surface area contributed by atoms with E-state index >= 15 is 0 Å². The van der Waals surface area contributed by atoms with Crippen LogP contribution in [0.15, 0.2) is 18.3 Å². The molecule has 0 aromatic carbocycles. The molecule has 3 heterocycles. The molecule has 6 nitrogen and oxygen atoms in total. The van der Waals surface area contributed by atoms with E-state index in [4.69, 9.17) is 9.84 Å². The smallest absolute Gasteiger partial charge is 0.132 e. The monoisotopic (exact) mass is 329 g/mol. The van der Waals surface area contributed by atoms with E-state index in [0.717, 1.165) is 49.9 Å². The lowest BCUT2D eigenvalue weighted by Crippen LogP contribution is -2.38. The first-order chi connectivity index (χ1) is 11.6. The third kappa shape index (κ3) is 3.53. The summed E-state index contributed by atoms with van der Waals surface area (Å²) >= 11 is 0. The van der Waals surface area contributed by atoms with Crippen molar-refractivity contribution in [2.24, 2.45) is 7.05 Å². The van der Waals surface area contributed by atoms with Gasteiger partial charge >= 0.3 is 0 Å². The molecule has 130 valence electrons. The summed E-state index contributed by atoms with van der Waals surface area (Å²) in [5.74, 6) is 1.59. The number of hydrogen-bond acceptors (Lipinski definition) is 5. The van der Waals surface area contributed by atoms with Crippen LogP contribution in [-0.2, 0) is 18.3 Å². The maximum Gasteiger partial charge on any atom is 0.132 e. The van der Waals surface area contributed by atoms with Crippen LogP contribution in [0.2, 0.25) is 0 Å². The average molecular weight is 329 g/mol. The Kier molecular flexibility index (Phi) is 5.04. The topological polar surface area (TPSA) is 55.2 Å². The van der Waals surface area contributed by atoms with Gasteiger partial charge in [-0.25, -0.2) is 0 Å². The predicted octanol–water partition coefficient (Wildman–Crippen LogP) is 2.70. The number of hydrogen-bond donors (Lipinski definition) is 1. The normalized spacial score (nSPS) is 15.1. The Bertz CT molecular complexity index is 671. The zero-order valence-electron chi connectivity index (χ0n) is 15.0. The van der Waals surface area contributed by atoms with Crippen molar-refractivity contribution < 1.29 is 4.74 Å². The molecule has 0 aliphatic carbocycles. The minimum atomic E-state index is 0.388. The molecule has 1 saturated heterocycles. The van der Waals surface area contributed by atoms with Crippen LogP contribution in [0.1, 0.15) is 36.7 Å². The Morgan fingerprint density at radius 1 is 1.25 bits per heavy atom. The maximum atomic E-state index is 5.50. The number of pyridine rings is 1. The van der Waals surface area contributed by atoms with Crippen LogP contribution >= 0.6 is 0 Å². The zero-order chi connectivity index (χ0) is 17.1. The van der Waals surface area contributed by atoms with Gasteiger partial charge in [0.05, 0.1) is 30.8 Å². The molecule has 0 bridgehead atoms. The third-order valence-corrected chi connectivity index (χ3v) is 4.38. The number of morpholine rings is 1. The van der Waals surface area contributed by atoms with Crippen molar-refractivity contribution in [3.05, 3.63) is 35.3 Å². The summed E-state index contributed by atoms with van der Waals surface area (Å²) in [5.41, 5.74) is 4.49. The van der Waals surface area contributed by atoms with E-state index in [9.17, 15) is 0 Å². The van der Waals surface area contributed by atoms with Crippen LogP contribution < -0.4 is 10.2 Å². The molecule has 1 N–H and O–H groups in total. The standard InChI is InChI=1S/C18H27N5O/c1-13(2)17-16(12-20-15-6-5-14(3)19-11-15)18(22(4)21-17)23-7-9-24-10-8-23/h5-6,11,13,20H,7-10,12H2,1-4H3. The first-order valence-electron chi connectivity index (χ1n) is 8.61. The van der Waals surface area contributed by atoms with Crippen LogP contribution in [0.25, 0.3) is 0 Å². The van der Waals surface area contributed by atoms with E-state index in [1.807, 2.05) is 30.9 Å². The Morgan fingerprint density at radius 3 is 2.62 bits per heavy atom. The fraction of sp³-hybridized carbons (Fsp3) is 0.556. The molecule has 1 aliphatic heterocycles. The molecule has 2 aromatic rings. The number of aromatic nitrogens is 3. The molecule has 24 heavy (non-hydrogen) atoms. The molecule has 0 amide bonds. The quantitative estimate of drug-likeness (QED) is 0.914. The molecule has 1 aliphatic rings. The second-order valence-corrected chi connectivity index (χ2v) is 6.61. The van der Waals surface area contributed by atoms with E-state index in [1.165, 1.54) is 11.4 Å². The van der Waals surface area contributed by atoms with Crippen LogP contribution in [0.4, 0.5) is 11.5 Å². The van der Waals surface area contributed by atoms with Crippen molar-refractivity contribution in [3.63, 3.8) is 0 Å². The highest BCUT2D eigenvalue weighted by Crippen LogP contribution is 2.29. The van der Waals surface area contributed by atoms with E-state index < -0.39 is 0 Å². The van der Waals surface area contributed by atoms with Gasteiger partial charge in [-0.05, 0) is 25.0 Å². The van der Waals surface area contributed by atoms with E-state index in [2.05, 4.69) is 35.1 Å². The first kappa shape index (κ1) is 16.8. The lowest BCUT2D eigenvalue weighted by atomic mass is 10.0. The fourth-order valence-corrected chi connectivity index (χ4v) is 3.15. The molecular formula is C18H27N5O. The second kappa shape index (κ2) is 7.21. The summed E-state index contributed by atoms with van der Waals surface area (Å²) in [7, 11) is 2.04. The van der Waals surface area contributed by atoms with Gasteiger partial charge in [0, 0.05) is 37.9 Å². The van der Waals surface area contributed by atoms with Crippen molar-refractivity contribution >= 4 is 11.5 Å². The fourth-order valence-electron chi connectivity index (χ4n) is 3.15. The molecule has 0 unspecified atom stereocenters. The molecule has 0 saturated carbocycles. The molecule has 3 rings (SSSR count). The Morgan fingerprint density at radius 2 is 2.00 bits per heavy atom. The van der Waals surface area contributed by atoms with Gasteiger partial charge in [0.15, 0.2) is 0 Å². The second-order valence-electron chi connectivity index (χ2n) is 6.61. The van der Waals surface area contributed by atoms with Crippen LogP contribution in [-0.4, -0.2) is 41.1 Å². The first-order valence-corrected chi connectivity index (χ1v) is 8.61. The minimum Gasteiger partial charge on any atom is -0.380 e. The van der Waals surface area contributed by atoms with E-state index in [0.29, 0.717) is 5.92 Å². The van der Waals surface area contributed by atoms with Crippen molar-refractivity contribution in [2.75, 3.05) is 36.5 Å². The highest BCUT2D eigenvalue weighted by molar-refractivity contribution is 5.54. The third-order valence-electron chi connectivity index (χ3n) is 4.38. The summed E-state index contributed by atoms with van der Waals surface area (Å²) in [6.45, 7) is 10.5.